The SMILES string of the molecule is CC.Cc1cccc2c1C[C@H](O)CC2. The Labute approximate surface area is 86.8 Å². The molecule has 1 aromatic rings. The van der Waals surface area contributed by atoms with Crippen molar-refractivity contribution in [1.29, 1.82) is 0 Å². The Bertz CT molecular complexity index is 291. The summed E-state index contributed by atoms with van der Waals surface area (Å²) < 4.78 is 0. The van der Waals surface area contributed by atoms with Gasteiger partial charge in [-0.25, -0.2) is 0 Å². The normalized spacial score (nSPS) is 19.3. The van der Waals surface area contributed by atoms with Gasteiger partial charge in [-0.2, -0.15) is 0 Å². The molecule has 1 nitrogen and oxygen atoms in total. The number of hydrogen-bond acceptors (Lipinski definition) is 1. The average Bonchev–Trinajstić information content (AvgIpc) is 2.22. The first kappa shape index (κ1) is 11.3. The number of benzene rings is 1. The van der Waals surface area contributed by atoms with Crippen molar-refractivity contribution in [3.05, 3.63) is 34.9 Å². The van der Waals surface area contributed by atoms with Crippen molar-refractivity contribution in [2.75, 3.05) is 0 Å². The molecule has 0 bridgehead atoms. The average molecular weight is 192 g/mol. The fraction of sp³-hybridized carbons (Fsp3) is 0.538. The van der Waals surface area contributed by atoms with Crippen LogP contribution < -0.4 is 0 Å². The Balaban J connectivity index is 0.000000461. The maximum Gasteiger partial charge on any atom is 0.0583 e. The molecule has 1 aliphatic rings. The zero-order valence-corrected chi connectivity index (χ0v) is 9.38. The van der Waals surface area contributed by atoms with E-state index in [1.165, 1.54) is 16.7 Å². The molecule has 0 saturated carbocycles. The molecule has 14 heavy (non-hydrogen) atoms. The Morgan fingerprint density at radius 2 is 2.00 bits per heavy atom. The largest absolute Gasteiger partial charge is 0.393 e. The van der Waals surface area contributed by atoms with E-state index in [1.807, 2.05) is 13.8 Å². The quantitative estimate of drug-likeness (QED) is 0.670. The standard InChI is InChI=1S/C11H14O.C2H6/c1-8-3-2-4-9-5-6-10(12)7-11(8)9;1-2/h2-4,10,12H,5-7H2,1H3;1-2H3/t10-;/m1./s1. The smallest absolute Gasteiger partial charge is 0.0583 e. The van der Waals surface area contributed by atoms with Crippen LogP contribution >= 0.6 is 0 Å². The van der Waals surface area contributed by atoms with Gasteiger partial charge >= 0.3 is 0 Å². The first-order valence-electron chi connectivity index (χ1n) is 5.53. The van der Waals surface area contributed by atoms with Crippen molar-refractivity contribution < 1.29 is 5.11 Å². The summed E-state index contributed by atoms with van der Waals surface area (Å²) in [4.78, 5) is 0. The van der Waals surface area contributed by atoms with Crippen LogP contribution in [0.15, 0.2) is 18.2 Å². The number of fused-ring (bicyclic) bond motifs is 1. The van der Waals surface area contributed by atoms with Gasteiger partial charge in [0.1, 0.15) is 0 Å². The third-order valence-electron chi connectivity index (χ3n) is 2.69. The number of aryl methyl sites for hydroxylation is 2. The van der Waals surface area contributed by atoms with Crippen molar-refractivity contribution in [2.24, 2.45) is 0 Å². The molecule has 0 radical (unpaired) electrons. The van der Waals surface area contributed by atoms with E-state index in [4.69, 9.17) is 0 Å². The van der Waals surface area contributed by atoms with Crippen molar-refractivity contribution in [2.45, 2.75) is 46.1 Å². The zero-order valence-electron chi connectivity index (χ0n) is 9.38. The molecular formula is C13H20O. The molecule has 0 aromatic heterocycles. The lowest BCUT2D eigenvalue weighted by Gasteiger charge is -2.21. The van der Waals surface area contributed by atoms with E-state index < -0.39 is 0 Å². The van der Waals surface area contributed by atoms with Gasteiger partial charge in [-0.1, -0.05) is 32.0 Å². The summed E-state index contributed by atoms with van der Waals surface area (Å²) in [6.07, 6.45) is 2.70. The summed E-state index contributed by atoms with van der Waals surface area (Å²) in [6, 6.07) is 6.40. The molecule has 0 spiro atoms. The van der Waals surface area contributed by atoms with Crippen molar-refractivity contribution in [3.8, 4) is 0 Å². The highest BCUT2D eigenvalue weighted by Gasteiger charge is 2.16. The van der Waals surface area contributed by atoms with Gasteiger partial charge < -0.3 is 5.11 Å². The van der Waals surface area contributed by atoms with Crippen molar-refractivity contribution in [1.82, 2.24) is 0 Å². The van der Waals surface area contributed by atoms with Gasteiger partial charge in [0.2, 0.25) is 0 Å². The Morgan fingerprint density at radius 1 is 1.29 bits per heavy atom. The van der Waals surface area contributed by atoms with Crippen LogP contribution in [-0.2, 0) is 12.8 Å². The highest BCUT2D eigenvalue weighted by Crippen LogP contribution is 2.23. The van der Waals surface area contributed by atoms with Gasteiger partial charge in [0.25, 0.3) is 0 Å². The van der Waals surface area contributed by atoms with Crippen LogP contribution in [0.4, 0.5) is 0 Å². The lowest BCUT2D eigenvalue weighted by atomic mass is 9.87. The minimum absolute atomic E-state index is 0.112. The lowest BCUT2D eigenvalue weighted by molar-refractivity contribution is 0.158. The maximum atomic E-state index is 9.48. The number of aliphatic hydroxyl groups is 1. The minimum atomic E-state index is -0.112. The van der Waals surface area contributed by atoms with E-state index in [-0.39, 0.29) is 6.10 Å². The predicted molar refractivity (Wildman–Crippen MR) is 60.6 cm³/mol. The minimum Gasteiger partial charge on any atom is -0.393 e. The van der Waals surface area contributed by atoms with Gasteiger partial charge in [-0.3, -0.25) is 0 Å². The van der Waals surface area contributed by atoms with E-state index in [0.29, 0.717) is 0 Å². The molecular weight excluding hydrogens is 172 g/mol. The lowest BCUT2D eigenvalue weighted by Crippen LogP contribution is -2.19. The summed E-state index contributed by atoms with van der Waals surface area (Å²) in [5.74, 6) is 0. The third-order valence-corrected chi connectivity index (χ3v) is 2.69. The van der Waals surface area contributed by atoms with Crippen molar-refractivity contribution in [3.63, 3.8) is 0 Å². The fourth-order valence-corrected chi connectivity index (χ4v) is 1.95. The molecule has 1 aromatic carbocycles. The third kappa shape index (κ3) is 2.36. The molecule has 0 fully saturated rings. The monoisotopic (exact) mass is 192 g/mol. The van der Waals surface area contributed by atoms with E-state index in [1.54, 1.807) is 0 Å². The number of rotatable bonds is 0. The summed E-state index contributed by atoms with van der Waals surface area (Å²) in [7, 11) is 0. The van der Waals surface area contributed by atoms with Crippen LogP contribution in [0.25, 0.3) is 0 Å². The fourth-order valence-electron chi connectivity index (χ4n) is 1.95. The molecule has 1 atom stereocenters. The van der Waals surface area contributed by atoms with E-state index in [9.17, 15) is 5.11 Å². The number of aliphatic hydroxyl groups excluding tert-OH is 1. The summed E-state index contributed by atoms with van der Waals surface area (Å²) in [5.41, 5.74) is 4.13. The van der Waals surface area contributed by atoms with Crippen LogP contribution in [-0.4, -0.2) is 11.2 Å². The molecule has 0 aliphatic heterocycles. The topological polar surface area (TPSA) is 20.2 Å². The van der Waals surface area contributed by atoms with Crippen molar-refractivity contribution >= 4 is 0 Å². The molecule has 1 aliphatic carbocycles. The predicted octanol–water partition coefficient (Wildman–Crippen LogP) is 2.87. The summed E-state index contributed by atoms with van der Waals surface area (Å²) in [5, 5.41) is 9.48. The second-order valence-electron chi connectivity index (χ2n) is 3.61. The van der Waals surface area contributed by atoms with E-state index in [2.05, 4.69) is 25.1 Å². The first-order valence-corrected chi connectivity index (χ1v) is 5.53. The molecule has 78 valence electrons. The van der Waals surface area contributed by atoms with Crippen LogP contribution in [0.3, 0.4) is 0 Å². The van der Waals surface area contributed by atoms with Crippen LogP contribution in [0.2, 0.25) is 0 Å². The maximum absolute atomic E-state index is 9.48. The van der Waals surface area contributed by atoms with Gasteiger partial charge in [-0.05, 0) is 42.9 Å². The molecule has 2 rings (SSSR count). The van der Waals surface area contributed by atoms with Gasteiger partial charge in [0, 0.05) is 0 Å². The first-order chi connectivity index (χ1) is 6.77. The zero-order chi connectivity index (χ0) is 10.6. The highest BCUT2D eigenvalue weighted by atomic mass is 16.3. The summed E-state index contributed by atoms with van der Waals surface area (Å²) in [6.45, 7) is 6.12. The van der Waals surface area contributed by atoms with Gasteiger partial charge in [-0.15, -0.1) is 0 Å². The van der Waals surface area contributed by atoms with Crippen LogP contribution in [0.1, 0.15) is 37.0 Å². The number of hydrogen-bond donors (Lipinski definition) is 1. The molecule has 0 heterocycles. The van der Waals surface area contributed by atoms with E-state index in [0.717, 1.165) is 19.3 Å². The van der Waals surface area contributed by atoms with Crippen LogP contribution in [0.5, 0.6) is 0 Å². The Hall–Kier alpha value is -0.820. The molecule has 0 unspecified atom stereocenters. The highest BCUT2D eigenvalue weighted by molar-refractivity contribution is 5.36. The molecule has 1 heteroatoms. The Morgan fingerprint density at radius 3 is 2.71 bits per heavy atom. The molecule has 0 saturated heterocycles. The molecule has 1 N–H and O–H groups in total. The van der Waals surface area contributed by atoms with Crippen LogP contribution in [0, 0.1) is 6.92 Å². The van der Waals surface area contributed by atoms with Gasteiger partial charge in [0.15, 0.2) is 0 Å². The second kappa shape index (κ2) is 5.16. The van der Waals surface area contributed by atoms with E-state index >= 15 is 0 Å². The van der Waals surface area contributed by atoms with Gasteiger partial charge in [0.05, 0.1) is 6.10 Å². The second-order valence-corrected chi connectivity index (χ2v) is 3.61. The molecule has 0 amide bonds. The Kier molecular flexibility index (Phi) is 4.15. The summed E-state index contributed by atoms with van der Waals surface area (Å²) >= 11 is 0.